The minimum absolute atomic E-state index is 0.979. The average Bonchev–Trinajstić information content (AvgIpc) is 2.56. The predicted octanol–water partition coefficient (Wildman–Crippen LogP) is 2.05. The van der Waals surface area contributed by atoms with Crippen LogP contribution < -0.4 is 0 Å². The molecule has 0 N–H and O–H groups in total. The quantitative estimate of drug-likeness (QED) is 0.513. The summed E-state index contributed by atoms with van der Waals surface area (Å²) in [5, 5.41) is 0. The summed E-state index contributed by atoms with van der Waals surface area (Å²) in [5.41, 5.74) is 4.97. The van der Waals surface area contributed by atoms with Crippen molar-refractivity contribution in [3.05, 3.63) is 47.9 Å². The lowest BCUT2D eigenvalue weighted by atomic mass is 10.2. The van der Waals surface area contributed by atoms with Gasteiger partial charge in [-0.1, -0.05) is 6.07 Å². The molecule has 2 nitrogen and oxygen atoms in total. The Morgan fingerprint density at radius 2 is 2.08 bits per heavy atom. The average molecular weight is 168 g/mol. The van der Waals surface area contributed by atoms with E-state index in [9.17, 15) is 0 Å². The molecule has 0 saturated carbocycles. The van der Waals surface area contributed by atoms with Gasteiger partial charge in [-0.15, -0.1) is 0 Å². The molecule has 62 valence electrons. The first-order valence-electron chi connectivity index (χ1n) is 4.32. The summed E-state index contributed by atoms with van der Waals surface area (Å²) in [5.74, 6) is 0. The van der Waals surface area contributed by atoms with Gasteiger partial charge in [0.2, 0.25) is 0 Å². The lowest BCUT2D eigenvalue weighted by Gasteiger charge is -1.96. The SMILES string of the molecule is c1cnc2c(c1)Cc1cnccc1-2. The zero-order valence-electron chi connectivity index (χ0n) is 7.07. The normalized spacial score (nSPS) is 12.3. The number of nitrogens with zero attached hydrogens (tertiary/aromatic N) is 2. The molecule has 0 saturated heterocycles. The molecule has 0 spiro atoms. The fraction of sp³-hybridized carbons (Fsp3) is 0.0909. The molecule has 0 amide bonds. The van der Waals surface area contributed by atoms with E-state index in [-0.39, 0.29) is 0 Å². The van der Waals surface area contributed by atoms with Crippen LogP contribution in [0.15, 0.2) is 36.8 Å². The fourth-order valence-corrected chi connectivity index (χ4v) is 1.83. The van der Waals surface area contributed by atoms with Crippen LogP contribution in [-0.4, -0.2) is 9.97 Å². The van der Waals surface area contributed by atoms with Gasteiger partial charge in [0.15, 0.2) is 0 Å². The van der Waals surface area contributed by atoms with Crippen LogP contribution >= 0.6 is 0 Å². The Hall–Kier alpha value is -1.70. The van der Waals surface area contributed by atoms with Crippen molar-refractivity contribution in [3.63, 3.8) is 0 Å². The summed E-state index contributed by atoms with van der Waals surface area (Å²) < 4.78 is 0. The first-order valence-corrected chi connectivity index (χ1v) is 4.32. The van der Waals surface area contributed by atoms with Gasteiger partial charge in [0.1, 0.15) is 0 Å². The number of hydrogen-bond donors (Lipinski definition) is 0. The molecule has 1 aliphatic carbocycles. The maximum absolute atomic E-state index is 4.37. The summed E-state index contributed by atoms with van der Waals surface area (Å²) in [7, 11) is 0. The number of aromatic nitrogens is 2. The Bertz CT molecular complexity index is 420. The minimum Gasteiger partial charge on any atom is -0.264 e. The molecule has 1 aliphatic rings. The van der Waals surface area contributed by atoms with Crippen LogP contribution in [0.4, 0.5) is 0 Å². The molecule has 0 aliphatic heterocycles. The predicted molar refractivity (Wildman–Crippen MR) is 50.3 cm³/mol. The van der Waals surface area contributed by atoms with E-state index in [1.807, 2.05) is 30.7 Å². The van der Waals surface area contributed by atoms with Gasteiger partial charge in [-0.25, -0.2) is 0 Å². The number of pyridine rings is 2. The topological polar surface area (TPSA) is 25.8 Å². The van der Waals surface area contributed by atoms with Crippen molar-refractivity contribution in [1.82, 2.24) is 9.97 Å². The third kappa shape index (κ3) is 0.886. The van der Waals surface area contributed by atoms with Gasteiger partial charge >= 0.3 is 0 Å². The molecule has 2 heteroatoms. The maximum Gasteiger partial charge on any atom is 0.0741 e. The van der Waals surface area contributed by atoms with Gasteiger partial charge in [0.05, 0.1) is 5.69 Å². The van der Waals surface area contributed by atoms with Gasteiger partial charge in [0, 0.05) is 30.6 Å². The highest BCUT2D eigenvalue weighted by atomic mass is 14.7. The Morgan fingerprint density at radius 1 is 1.08 bits per heavy atom. The van der Waals surface area contributed by atoms with Crippen molar-refractivity contribution >= 4 is 0 Å². The lowest BCUT2D eigenvalue weighted by molar-refractivity contribution is 1.19. The molecule has 2 aromatic heterocycles. The minimum atomic E-state index is 0.979. The molecular weight excluding hydrogens is 160 g/mol. The second-order valence-electron chi connectivity index (χ2n) is 3.22. The highest BCUT2D eigenvalue weighted by molar-refractivity contribution is 5.72. The standard InChI is InChI=1S/C11H8N2/c1-2-8-6-9-7-12-5-3-10(9)11(8)13-4-1/h1-5,7H,6H2. The lowest BCUT2D eigenvalue weighted by Crippen LogP contribution is -1.81. The Labute approximate surface area is 76.3 Å². The molecule has 0 radical (unpaired) electrons. The highest BCUT2D eigenvalue weighted by Crippen LogP contribution is 2.33. The van der Waals surface area contributed by atoms with Crippen molar-refractivity contribution in [3.8, 4) is 11.3 Å². The smallest absolute Gasteiger partial charge is 0.0741 e. The zero-order chi connectivity index (χ0) is 8.67. The largest absolute Gasteiger partial charge is 0.264 e. The van der Waals surface area contributed by atoms with Crippen LogP contribution in [0.25, 0.3) is 11.3 Å². The van der Waals surface area contributed by atoms with Crippen LogP contribution in [0.3, 0.4) is 0 Å². The van der Waals surface area contributed by atoms with E-state index in [0.717, 1.165) is 12.1 Å². The molecule has 2 aromatic rings. The summed E-state index contributed by atoms with van der Waals surface area (Å²) in [6.07, 6.45) is 6.57. The molecule has 3 rings (SSSR count). The van der Waals surface area contributed by atoms with E-state index in [2.05, 4.69) is 16.0 Å². The van der Waals surface area contributed by atoms with Crippen molar-refractivity contribution in [2.24, 2.45) is 0 Å². The van der Waals surface area contributed by atoms with Crippen LogP contribution in [-0.2, 0) is 6.42 Å². The fourth-order valence-electron chi connectivity index (χ4n) is 1.83. The van der Waals surface area contributed by atoms with E-state index in [4.69, 9.17) is 0 Å². The van der Waals surface area contributed by atoms with E-state index in [1.165, 1.54) is 16.7 Å². The van der Waals surface area contributed by atoms with Crippen LogP contribution in [0, 0.1) is 0 Å². The van der Waals surface area contributed by atoms with Crippen molar-refractivity contribution in [1.29, 1.82) is 0 Å². The zero-order valence-corrected chi connectivity index (χ0v) is 7.07. The van der Waals surface area contributed by atoms with E-state index < -0.39 is 0 Å². The number of rotatable bonds is 0. The summed E-state index contributed by atoms with van der Waals surface area (Å²) in [4.78, 5) is 8.48. The third-order valence-electron chi connectivity index (χ3n) is 2.43. The molecule has 13 heavy (non-hydrogen) atoms. The van der Waals surface area contributed by atoms with E-state index >= 15 is 0 Å². The van der Waals surface area contributed by atoms with Crippen molar-refractivity contribution in [2.75, 3.05) is 0 Å². The number of hydrogen-bond acceptors (Lipinski definition) is 2. The third-order valence-corrected chi connectivity index (χ3v) is 2.43. The van der Waals surface area contributed by atoms with Crippen LogP contribution in [0.2, 0.25) is 0 Å². The summed E-state index contributed by atoms with van der Waals surface area (Å²) in [6, 6.07) is 6.15. The first kappa shape index (κ1) is 6.78. The molecule has 0 atom stereocenters. The van der Waals surface area contributed by atoms with Gasteiger partial charge < -0.3 is 0 Å². The first-order chi connectivity index (χ1) is 6.45. The molecule has 0 aromatic carbocycles. The Morgan fingerprint density at radius 3 is 3.08 bits per heavy atom. The summed E-state index contributed by atoms with van der Waals surface area (Å²) in [6.45, 7) is 0. The van der Waals surface area contributed by atoms with Gasteiger partial charge in [-0.05, 0) is 23.3 Å². The van der Waals surface area contributed by atoms with Gasteiger partial charge in [0.25, 0.3) is 0 Å². The molecule has 0 bridgehead atoms. The monoisotopic (exact) mass is 168 g/mol. The number of fused-ring (bicyclic) bond motifs is 3. The van der Waals surface area contributed by atoms with Crippen LogP contribution in [0.5, 0.6) is 0 Å². The molecule has 2 heterocycles. The molecular formula is C11H8N2. The highest BCUT2D eigenvalue weighted by Gasteiger charge is 2.18. The van der Waals surface area contributed by atoms with Crippen molar-refractivity contribution in [2.45, 2.75) is 6.42 Å². The Balaban J connectivity index is 2.32. The van der Waals surface area contributed by atoms with Crippen molar-refractivity contribution < 1.29 is 0 Å². The maximum atomic E-state index is 4.37. The second-order valence-corrected chi connectivity index (χ2v) is 3.22. The second kappa shape index (κ2) is 2.39. The van der Waals surface area contributed by atoms with E-state index in [1.54, 1.807) is 0 Å². The summed E-state index contributed by atoms with van der Waals surface area (Å²) >= 11 is 0. The van der Waals surface area contributed by atoms with E-state index in [0.29, 0.717) is 0 Å². The van der Waals surface area contributed by atoms with Crippen LogP contribution in [0.1, 0.15) is 11.1 Å². The van der Waals surface area contributed by atoms with Gasteiger partial charge in [-0.3, -0.25) is 9.97 Å². The molecule has 0 fully saturated rings. The molecule has 0 unspecified atom stereocenters. The Kier molecular flexibility index (Phi) is 1.25. The van der Waals surface area contributed by atoms with Gasteiger partial charge in [-0.2, -0.15) is 0 Å².